The molecule has 1 aromatic carbocycles. The van der Waals surface area contributed by atoms with E-state index in [1.807, 2.05) is 51.4 Å². The lowest BCUT2D eigenvalue weighted by atomic mass is 10.0. The standard InChI is InChI=1S/C13H13Cl.C9H18N2O2.C5H9N3.C3H7N/c1-9-3-4-11-5-6-12(14)8-13(11)10(2)7-9;1-9(2,3)13-8(12)11-6-4-10-5-7-11;1-8-4-7-3-5(8)2-6;1-2-3-4/h5-8H,1,3-4H2,2H3;10H,4-7H2,1-3H3;3-4H,2,6H2,1H3;2-3H,4H2,1H3/b;;;3-2-. The summed E-state index contributed by atoms with van der Waals surface area (Å²) in [7, 11) is 1.93. The number of halogens is 1. The van der Waals surface area contributed by atoms with Gasteiger partial charge in [-0.15, -0.1) is 0 Å². The number of nitrogens with one attached hydrogen (secondary N) is 1. The Kier molecular flexibility index (Phi) is 15.2. The van der Waals surface area contributed by atoms with Gasteiger partial charge in [-0.2, -0.15) is 0 Å². The van der Waals surface area contributed by atoms with Crippen molar-refractivity contribution in [1.29, 1.82) is 0 Å². The molecule has 2 heterocycles. The summed E-state index contributed by atoms with van der Waals surface area (Å²) in [5.74, 6) is 0. The smallest absolute Gasteiger partial charge is 0.410 e. The molecule has 0 saturated carbocycles. The second kappa shape index (κ2) is 17.5. The topological polar surface area (TPSA) is 111 Å². The molecule has 1 aliphatic heterocycles. The number of carbonyl (C=O) groups excluding carboxylic acids is 1. The molecule has 2 aromatic rings. The second-order valence-corrected chi connectivity index (χ2v) is 10.7. The predicted molar refractivity (Wildman–Crippen MR) is 163 cm³/mol. The molecule has 0 radical (unpaired) electrons. The Bertz CT molecular complexity index is 1090. The molecule has 0 spiro atoms. The molecule has 9 heteroatoms. The molecule has 1 amide bonds. The summed E-state index contributed by atoms with van der Waals surface area (Å²) in [4.78, 5) is 17.1. The first-order chi connectivity index (χ1) is 18.4. The van der Waals surface area contributed by atoms with E-state index in [2.05, 4.69) is 35.9 Å². The normalized spacial score (nSPS) is 14.8. The van der Waals surface area contributed by atoms with E-state index in [-0.39, 0.29) is 11.7 Å². The minimum Gasteiger partial charge on any atom is -0.444 e. The molecule has 0 bridgehead atoms. The SMILES string of the molecule is C/C=C\N.C=C1C=C(C)c2cc(Cl)ccc2CC1.CC(C)(C)OC(=O)N1CCNCC1.Cn1cncc1CN. The average Bonchev–Trinajstić information content (AvgIpc) is 3.27. The summed E-state index contributed by atoms with van der Waals surface area (Å²) in [6.07, 6.45) is 10.9. The molecular formula is C30H47ClN6O2. The van der Waals surface area contributed by atoms with Crippen LogP contribution in [0.2, 0.25) is 5.02 Å². The summed E-state index contributed by atoms with van der Waals surface area (Å²) in [5, 5.41) is 3.99. The zero-order valence-corrected chi connectivity index (χ0v) is 25.2. The van der Waals surface area contributed by atoms with Crippen LogP contribution in [0, 0.1) is 0 Å². The van der Waals surface area contributed by atoms with Gasteiger partial charge in [-0.1, -0.05) is 42.0 Å². The molecule has 8 nitrogen and oxygen atoms in total. The second-order valence-electron chi connectivity index (χ2n) is 10.2. The zero-order chi connectivity index (χ0) is 29.4. The van der Waals surface area contributed by atoms with Crippen LogP contribution in [0.1, 0.15) is 57.9 Å². The summed E-state index contributed by atoms with van der Waals surface area (Å²) >= 11 is 5.98. The highest BCUT2D eigenvalue weighted by molar-refractivity contribution is 6.30. The molecule has 1 saturated heterocycles. The van der Waals surface area contributed by atoms with Gasteiger partial charge in [0.1, 0.15) is 5.60 Å². The van der Waals surface area contributed by atoms with Crippen LogP contribution in [0.3, 0.4) is 0 Å². The molecule has 1 aliphatic carbocycles. The Labute approximate surface area is 239 Å². The predicted octanol–water partition coefficient (Wildman–Crippen LogP) is 5.43. The third-order valence-electron chi connectivity index (χ3n) is 5.72. The summed E-state index contributed by atoms with van der Waals surface area (Å²) in [6.45, 7) is 17.4. The van der Waals surface area contributed by atoms with Gasteiger partial charge in [0.25, 0.3) is 0 Å². The van der Waals surface area contributed by atoms with E-state index in [4.69, 9.17) is 27.8 Å². The number of fused-ring (bicyclic) bond motifs is 1. The zero-order valence-electron chi connectivity index (χ0n) is 24.5. The fourth-order valence-electron chi connectivity index (χ4n) is 3.64. The number of ether oxygens (including phenoxy) is 1. The van der Waals surface area contributed by atoms with Crippen molar-refractivity contribution in [3.63, 3.8) is 0 Å². The largest absolute Gasteiger partial charge is 0.444 e. The Morgan fingerprint density at radius 2 is 1.90 bits per heavy atom. The van der Waals surface area contributed by atoms with Gasteiger partial charge < -0.3 is 31.0 Å². The van der Waals surface area contributed by atoms with Gasteiger partial charge in [0.2, 0.25) is 0 Å². The van der Waals surface area contributed by atoms with E-state index in [9.17, 15) is 4.79 Å². The monoisotopic (exact) mass is 558 g/mol. The Morgan fingerprint density at radius 3 is 2.38 bits per heavy atom. The van der Waals surface area contributed by atoms with Gasteiger partial charge in [-0.05, 0) is 82.5 Å². The number of carbonyl (C=O) groups is 1. The van der Waals surface area contributed by atoms with Gasteiger partial charge in [-0.25, -0.2) is 9.78 Å². The van der Waals surface area contributed by atoms with E-state index in [0.717, 1.165) is 49.7 Å². The number of hydrogen-bond acceptors (Lipinski definition) is 6. The van der Waals surface area contributed by atoms with Crippen molar-refractivity contribution in [2.75, 3.05) is 26.2 Å². The van der Waals surface area contributed by atoms with Crippen molar-refractivity contribution in [1.82, 2.24) is 19.8 Å². The van der Waals surface area contributed by atoms with Crippen molar-refractivity contribution < 1.29 is 9.53 Å². The minimum absolute atomic E-state index is 0.200. The van der Waals surface area contributed by atoms with Crippen LogP contribution in [0.15, 0.2) is 61.2 Å². The minimum atomic E-state index is -0.387. The van der Waals surface area contributed by atoms with Crippen LogP contribution in [-0.4, -0.2) is 52.3 Å². The number of imidazole rings is 1. The number of benzene rings is 1. The summed E-state index contributed by atoms with van der Waals surface area (Å²) < 4.78 is 7.14. The van der Waals surface area contributed by atoms with E-state index in [0.29, 0.717) is 6.54 Å². The van der Waals surface area contributed by atoms with Crippen LogP contribution in [0.5, 0.6) is 0 Å². The maximum atomic E-state index is 11.5. The highest BCUT2D eigenvalue weighted by atomic mass is 35.5. The van der Waals surface area contributed by atoms with E-state index in [1.165, 1.54) is 28.5 Å². The van der Waals surface area contributed by atoms with Crippen molar-refractivity contribution >= 4 is 23.3 Å². The Balaban J connectivity index is 0.000000282. The molecule has 1 aromatic heterocycles. The number of aryl methyl sites for hydroxylation is 2. The highest BCUT2D eigenvalue weighted by Crippen LogP contribution is 2.29. The van der Waals surface area contributed by atoms with Crippen LogP contribution < -0.4 is 16.8 Å². The molecule has 5 N–H and O–H groups in total. The van der Waals surface area contributed by atoms with Gasteiger partial charge in [0.15, 0.2) is 0 Å². The number of piperazine rings is 1. The van der Waals surface area contributed by atoms with Crippen LogP contribution >= 0.6 is 11.6 Å². The van der Waals surface area contributed by atoms with Crippen molar-refractivity contribution in [2.24, 2.45) is 18.5 Å². The van der Waals surface area contributed by atoms with Crippen molar-refractivity contribution in [2.45, 2.75) is 59.6 Å². The quantitative estimate of drug-likeness (QED) is 0.430. The Hall–Kier alpha value is -3.07. The number of allylic oxidation sites excluding steroid dienone is 4. The van der Waals surface area contributed by atoms with Gasteiger partial charge >= 0.3 is 6.09 Å². The van der Waals surface area contributed by atoms with Gasteiger partial charge in [0.05, 0.1) is 12.0 Å². The van der Waals surface area contributed by atoms with Gasteiger partial charge in [-0.3, -0.25) is 0 Å². The maximum Gasteiger partial charge on any atom is 0.410 e. The lowest BCUT2D eigenvalue weighted by molar-refractivity contribution is 0.0229. The van der Waals surface area contributed by atoms with E-state index >= 15 is 0 Å². The first-order valence-electron chi connectivity index (χ1n) is 13.2. The number of hydrogen-bond donors (Lipinski definition) is 3. The first kappa shape index (κ1) is 34.0. The lowest BCUT2D eigenvalue weighted by Crippen LogP contribution is -2.48. The molecule has 4 rings (SSSR count). The van der Waals surface area contributed by atoms with Crippen LogP contribution in [0.25, 0.3) is 5.57 Å². The molecule has 0 unspecified atom stereocenters. The number of nitrogens with two attached hydrogens (primary N) is 2. The maximum absolute atomic E-state index is 11.5. The number of aromatic nitrogens is 2. The third-order valence-corrected chi connectivity index (χ3v) is 5.95. The highest BCUT2D eigenvalue weighted by Gasteiger charge is 2.22. The lowest BCUT2D eigenvalue weighted by Gasteiger charge is -2.30. The fraction of sp³-hybridized carbons (Fsp3) is 0.467. The first-order valence-corrected chi connectivity index (χ1v) is 13.6. The van der Waals surface area contributed by atoms with Crippen molar-refractivity contribution in [3.05, 3.63) is 83.1 Å². The van der Waals surface area contributed by atoms with Crippen LogP contribution in [-0.2, 0) is 24.8 Å². The number of rotatable bonds is 1. The van der Waals surface area contributed by atoms with E-state index < -0.39 is 0 Å². The fourth-order valence-corrected chi connectivity index (χ4v) is 3.81. The summed E-state index contributed by atoms with van der Waals surface area (Å²) in [5.41, 5.74) is 16.0. The van der Waals surface area contributed by atoms with Crippen molar-refractivity contribution in [3.8, 4) is 0 Å². The Morgan fingerprint density at radius 1 is 1.26 bits per heavy atom. The molecule has 2 aliphatic rings. The molecular weight excluding hydrogens is 512 g/mol. The van der Waals surface area contributed by atoms with Crippen LogP contribution in [0.4, 0.5) is 4.79 Å². The number of nitrogens with zero attached hydrogens (tertiary/aromatic N) is 3. The molecule has 216 valence electrons. The average molecular weight is 559 g/mol. The van der Waals surface area contributed by atoms with E-state index in [1.54, 1.807) is 23.5 Å². The summed E-state index contributed by atoms with van der Waals surface area (Å²) in [6, 6.07) is 6.12. The molecule has 39 heavy (non-hydrogen) atoms. The molecule has 1 fully saturated rings. The van der Waals surface area contributed by atoms with Gasteiger partial charge in [0, 0.05) is 51.0 Å². The molecule has 0 atom stereocenters. The third kappa shape index (κ3) is 13.5. The number of amides is 1.